The number of morpholine rings is 1. The van der Waals surface area contributed by atoms with Crippen LogP contribution in [0.3, 0.4) is 0 Å². The molecule has 4 aromatic rings. The zero-order valence-corrected chi connectivity index (χ0v) is 18.8. The first-order valence-corrected chi connectivity index (χ1v) is 11.1. The first-order chi connectivity index (χ1) is 16.7. The third-order valence-corrected chi connectivity index (χ3v) is 5.69. The number of hydrogen-bond donors (Lipinski definition) is 2. The molecule has 2 N–H and O–H groups in total. The molecule has 0 atom stereocenters. The normalized spacial score (nSPS) is 13.5. The Morgan fingerprint density at radius 1 is 0.941 bits per heavy atom. The molecule has 0 saturated carbocycles. The lowest BCUT2D eigenvalue weighted by Gasteiger charge is -2.28. The Morgan fingerprint density at radius 3 is 2.44 bits per heavy atom. The standard InChI is InChI=1S/C25H25N7O2/c1-18-23(17-27-32(18)21-5-3-2-4-6-21)25(33)29-20-9-7-19(8-10-20)28-24-15-22(16-26-30-24)31-11-13-34-14-12-31/h2-10,15-17H,11-14H2,1H3,(H,28,30)(H,29,33). The highest BCUT2D eigenvalue weighted by molar-refractivity contribution is 6.05. The van der Waals surface area contributed by atoms with E-state index in [9.17, 15) is 4.79 Å². The molecular formula is C25H25N7O2. The molecule has 1 aliphatic heterocycles. The van der Waals surface area contributed by atoms with Gasteiger partial charge in [-0.05, 0) is 43.3 Å². The van der Waals surface area contributed by atoms with E-state index in [0.29, 0.717) is 30.3 Å². The molecule has 5 rings (SSSR count). The van der Waals surface area contributed by atoms with Gasteiger partial charge in [0.05, 0.1) is 48.2 Å². The number of nitrogens with one attached hydrogen (secondary N) is 2. The molecule has 2 aromatic carbocycles. The lowest BCUT2D eigenvalue weighted by atomic mass is 10.2. The average Bonchev–Trinajstić information content (AvgIpc) is 3.28. The number of aromatic nitrogens is 4. The van der Waals surface area contributed by atoms with Gasteiger partial charge in [0, 0.05) is 30.5 Å². The molecule has 172 valence electrons. The van der Waals surface area contributed by atoms with Crippen molar-refractivity contribution in [3.63, 3.8) is 0 Å². The lowest BCUT2D eigenvalue weighted by molar-refractivity contribution is 0.102. The van der Waals surface area contributed by atoms with Gasteiger partial charge in [-0.2, -0.15) is 10.2 Å². The first kappa shape index (κ1) is 21.6. The molecule has 1 saturated heterocycles. The van der Waals surface area contributed by atoms with Gasteiger partial charge in [-0.15, -0.1) is 5.10 Å². The first-order valence-electron chi connectivity index (χ1n) is 11.1. The van der Waals surface area contributed by atoms with Crippen LogP contribution in [0.2, 0.25) is 0 Å². The molecular weight excluding hydrogens is 430 g/mol. The van der Waals surface area contributed by atoms with Crippen molar-refractivity contribution in [2.24, 2.45) is 0 Å². The Hall–Kier alpha value is -4.24. The van der Waals surface area contributed by atoms with E-state index < -0.39 is 0 Å². The van der Waals surface area contributed by atoms with E-state index in [-0.39, 0.29) is 5.91 Å². The van der Waals surface area contributed by atoms with Crippen molar-refractivity contribution >= 4 is 28.8 Å². The van der Waals surface area contributed by atoms with Crippen LogP contribution in [0.1, 0.15) is 16.1 Å². The zero-order chi connectivity index (χ0) is 23.3. The summed E-state index contributed by atoms with van der Waals surface area (Å²) in [6, 6.07) is 19.2. The predicted molar refractivity (Wildman–Crippen MR) is 131 cm³/mol. The Labute approximate surface area is 197 Å². The summed E-state index contributed by atoms with van der Waals surface area (Å²) in [7, 11) is 0. The number of amides is 1. The molecule has 3 heterocycles. The second-order valence-corrected chi connectivity index (χ2v) is 7.95. The van der Waals surface area contributed by atoms with Gasteiger partial charge < -0.3 is 20.3 Å². The third-order valence-electron chi connectivity index (χ3n) is 5.69. The summed E-state index contributed by atoms with van der Waals surface area (Å²) in [5.74, 6) is 0.453. The number of hydrogen-bond acceptors (Lipinski definition) is 7. The molecule has 9 nitrogen and oxygen atoms in total. The van der Waals surface area contributed by atoms with E-state index in [2.05, 4.69) is 30.8 Å². The summed E-state index contributed by atoms with van der Waals surface area (Å²) < 4.78 is 7.17. The highest BCUT2D eigenvalue weighted by Gasteiger charge is 2.16. The van der Waals surface area contributed by atoms with Crippen molar-refractivity contribution in [2.45, 2.75) is 6.92 Å². The molecule has 0 spiro atoms. The molecule has 34 heavy (non-hydrogen) atoms. The number of carbonyl (C=O) groups excluding carboxylic acids is 1. The minimum Gasteiger partial charge on any atom is -0.378 e. The minimum atomic E-state index is -0.204. The number of ether oxygens (including phenoxy) is 1. The smallest absolute Gasteiger partial charge is 0.259 e. The topological polar surface area (TPSA) is 97.2 Å². The molecule has 0 bridgehead atoms. The van der Waals surface area contributed by atoms with Crippen molar-refractivity contribution in [3.8, 4) is 5.69 Å². The van der Waals surface area contributed by atoms with Crippen LogP contribution in [0.25, 0.3) is 5.69 Å². The zero-order valence-electron chi connectivity index (χ0n) is 18.8. The maximum Gasteiger partial charge on any atom is 0.259 e. The second kappa shape index (κ2) is 9.72. The summed E-state index contributed by atoms with van der Waals surface area (Å²) in [6.07, 6.45) is 3.35. The number of benzene rings is 2. The third kappa shape index (κ3) is 4.74. The quantitative estimate of drug-likeness (QED) is 0.456. The maximum atomic E-state index is 12.8. The molecule has 0 unspecified atom stereocenters. The van der Waals surface area contributed by atoms with Gasteiger partial charge in [-0.3, -0.25) is 4.79 Å². The summed E-state index contributed by atoms with van der Waals surface area (Å²) in [5, 5.41) is 18.9. The molecule has 1 fully saturated rings. The Balaban J connectivity index is 1.24. The Bertz CT molecular complexity index is 1270. The number of nitrogens with zero attached hydrogens (tertiary/aromatic N) is 5. The molecule has 1 amide bonds. The van der Waals surface area contributed by atoms with Crippen LogP contribution in [0, 0.1) is 6.92 Å². The van der Waals surface area contributed by atoms with Gasteiger partial charge in [-0.1, -0.05) is 18.2 Å². The van der Waals surface area contributed by atoms with Gasteiger partial charge in [-0.25, -0.2) is 4.68 Å². The maximum absolute atomic E-state index is 12.8. The highest BCUT2D eigenvalue weighted by atomic mass is 16.5. The molecule has 0 aliphatic carbocycles. The van der Waals surface area contributed by atoms with E-state index in [1.54, 1.807) is 17.1 Å². The SMILES string of the molecule is Cc1c(C(=O)Nc2ccc(Nc3cc(N4CCOCC4)cnn3)cc2)cnn1-c1ccccc1. The van der Waals surface area contributed by atoms with Crippen LogP contribution in [0.5, 0.6) is 0 Å². The van der Waals surface area contributed by atoms with Gasteiger partial charge in [0.15, 0.2) is 5.82 Å². The minimum absolute atomic E-state index is 0.204. The van der Waals surface area contributed by atoms with E-state index in [0.717, 1.165) is 35.8 Å². The predicted octanol–water partition coefficient (Wildman–Crippen LogP) is 3.80. The molecule has 0 radical (unpaired) electrons. The van der Waals surface area contributed by atoms with E-state index in [1.807, 2.05) is 67.6 Å². The van der Waals surface area contributed by atoms with Gasteiger partial charge in [0.25, 0.3) is 5.91 Å². The van der Waals surface area contributed by atoms with Gasteiger partial charge >= 0.3 is 0 Å². The summed E-state index contributed by atoms with van der Waals surface area (Å²) in [6.45, 7) is 4.98. The van der Waals surface area contributed by atoms with Crippen LogP contribution in [0.4, 0.5) is 22.9 Å². The van der Waals surface area contributed by atoms with Crippen LogP contribution >= 0.6 is 0 Å². The largest absolute Gasteiger partial charge is 0.378 e. The van der Waals surface area contributed by atoms with Crippen molar-refractivity contribution in [2.75, 3.05) is 41.8 Å². The number of para-hydroxylation sites is 1. The van der Waals surface area contributed by atoms with Crippen LogP contribution < -0.4 is 15.5 Å². The molecule has 2 aromatic heterocycles. The van der Waals surface area contributed by atoms with Crippen molar-refractivity contribution in [1.82, 2.24) is 20.0 Å². The number of rotatable bonds is 6. The van der Waals surface area contributed by atoms with Crippen LogP contribution in [-0.2, 0) is 4.74 Å². The Morgan fingerprint density at radius 2 is 1.68 bits per heavy atom. The lowest BCUT2D eigenvalue weighted by Crippen LogP contribution is -2.36. The fourth-order valence-electron chi connectivity index (χ4n) is 3.86. The summed E-state index contributed by atoms with van der Waals surface area (Å²) in [4.78, 5) is 15.1. The van der Waals surface area contributed by atoms with E-state index in [4.69, 9.17) is 4.74 Å². The van der Waals surface area contributed by atoms with Crippen LogP contribution in [-0.4, -0.2) is 52.2 Å². The van der Waals surface area contributed by atoms with Gasteiger partial charge in [0.1, 0.15) is 0 Å². The summed E-state index contributed by atoms with van der Waals surface area (Å²) in [5.41, 5.74) is 4.77. The fraction of sp³-hybridized carbons (Fsp3) is 0.200. The average molecular weight is 456 g/mol. The van der Waals surface area contributed by atoms with E-state index >= 15 is 0 Å². The molecule has 9 heteroatoms. The number of anilines is 4. The van der Waals surface area contributed by atoms with Gasteiger partial charge in [0.2, 0.25) is 0 Å². The molecule has 1 aliphatic rings. The monoisotopic (exact) mass is 455 g/mol. The van der Waals surface area contributed by atoms with Crippen LogP contribution in [0.15, 0.2) is 73.1 Å². The van der Waals surface area contributed by atoms with Crippen molar-refractivity contribution < 1.29 is 9.53 Å². The Kier molecular flexibility index (Phi) is 6.17. The van der Waals surface area contributed by atoms with E-state index in [1.165, 1.54) is 0 Å². The fourth-order valence-corrected chi connectivity index (χ4v) is 3.86. The summed E-state index contributed by atoms with van der Waals surface area (Å²) >= 11 is 0. The van der Waals surface area contributed by atoms with Crippen molar-refractivity contribution in [3.05, 3.63) is 84.3 Å². The number of carbonyl (C=O) groups is 1. The highest BCUT2D eigenvalue weighted by Crippen LogP contribution is 2.22. The second-order valence-electron chi connectivity index (χ2n) is 7.95. The van der Waals surface area contributed by atoms with Crippen molar-refractivity contribution in [1.29, 1.82) is 0 Å².